The van der Waals surface area contributed by atoms with Crippen molar-refractivity contribution in [2.45, 2.75) is 32.2 Å². The van der Waals surface area contributed by atoms with E-state index in [0.29, 0.717) is 6.04 Å². The maximum absolute atomic E-state index is 5.68. The minimum atomic E-state index is 0.313. The van der Waals surface area contributed by atoms with Gasteiger partial charge in [0.2, 0.25) is 0 Å². The average Bonchev–Trinajstić information content (AvgIpc) is 2.18. The van der Waals surface area contributed by atoms with Gasteiger partial charge >= 0.3 is 0 Å². The molecular weight excluding hydrogens is 174 g/mol. The van der Waals surface area contributed by atoms with Gasteiger partial charge in [0.25, 0.3) is 0 Å². The summed E-state index contributed by atoms with van der Waals surface area (Å²) in [6, 6.07) is 8.54. The number of ether oxygens (including phenoxy) is 1. The SMILES string of the molecule is COc1ccc(CCCC(C)N)cc1. The van der Waals surface area contributed by atoms with Crippen LogP contribution in [0.3, 0.4) is 0 Å². The molecule has 2 nitrogen and oxygen atoms in total. The molecule has 0 bridgehead atoms. The zero-order valence-corrected chi connectivity index (χ0v) is 8.99. The Balaban J connectivity index is 2.36. The number of hydrogen-bond acceptors (Lipinski definition) is 2. The number of rotatable bonds is 5. The molecule has 0 saturated heterocycles. The highest BCUT2D eigenvalue weighted by atomic mass is 16.5. The molecule has 2 N–H and O–H groups in total. The van der Waals surface area contributed by atoms with Crippen molar-refractivity contribution < 1.29 is 4.74 Å². The van der Waals surface area contributed by atoms with Crippen molar-refractivity contribution >= 4 is 0 Å². The molecule has 0 spiro atoms. The molecule has 1 rings (SSSR count). The monoisotopic (exact) mass is 193 g/mol. The third-order valence-corrected chi connectivity index (χ3v) is 2.28. The van der Waals surface area contributed by atoms with Crippen LogP contribution in [0, 0.1) is 0 Å². The molecule has 14 heavy (non-hydrogen) atoms. The maximum Gasteiger partial charge on any atom is 0.118 e. The van der Waals surface area contributed by atoms with Crippen LogP contribution >= 0.6 is 0 Å². The minimum absolute atomic E-state index is 0.313. The summed E-state index contributed by atoms with van der Waals surface area (Å²) in [6.45, 7) is 2.05. The predicted molar refractivity (Wildman–Crippen MR) is 59.6 cm³/mol. The third-order valence-electron chi connectivity index (χ3n) is 2.28. The molecule has 1 unspecified atom stereocenters. The van der Waals surface area contributed by atoms with Crippen LogP contribution in [0.25, 0.3) is 0 Å². The van der Waals surface area contributed by atoms with Gasteiger partial charge in [-0.2, -0.15) is 0 Å². The molecule has 0 heterocycles. The molecule has 1 aromatic carbocycles. The fourth-order valence-corrected chi connectivity index (χ4v) is 1.42. The smallest absolute Gasteiger partial charge is 0.118 e. The largest absolute Gasteiger partial charge is 0.497 e. The summed E-state index contributed by atoms with van der Waals surface area (Å²) >= 11 is 0. The van der Waals surface area contributed by atoms with Gasteiger partial charge in [0.1, 0.15) is 5.75 Å². The number of nitrogens with two attached hydrogens (primary N) is 1. The van der Waals surface area contributed by atoms with Crippen molar-refractivity contribution in [1.82, 2.24) is 0 Å². The molecular formula is C12H19NO. The van der Waals surface area contributed by atoms with Crippen LogP contribution in [-0.4, -0.2) is 13.2 Å². The molecule has 0 saturated carbocycles. The molecule has 0 aromatic heterocycles. The second-order valence-electron chi connectivity index (χ2n) is 3.72. The molecule has 1 atom stereocenters. The topological polar surface area (TPSA) is 35.2 Å². The number of methoxy groups -OCH3 is 1. The van der Waals surface area contributed by atoms with E-state index >= 15 is 0 Å². The average molecular weight is 193 g/mol. The third kappa shape index (κ3) is 3.79. The van der Waals surface area contributed by atoms with Crippen LogP contribution in [0.1, 0.15) is 25.3 Å². The van der Waals surface area contributed by atoms with Gasteiger partial charge in [0.15, 0.2) is 0 Å². The summed E-state index contributed by atoms with van der Waals surface area (Å²) in [6.07, 6.45) is 3.35. The summed E-state index contributed by atoms with van der Waals surface area (Å²) in [5.41, 5.74) is 7.04. The first-order chi connectivity index (χ1) is 6.72. The van der Waals surface area contributed by atoms with E-state index in [1.165, 1.54) is 5.56 Å². The van der Waals surface area contributed by atoms with Gasteiger partial charge in [-0.15, -0.1) is 0 Å². The van der Waals surface area contributed by atoms with Gasteiger partial charge in [-0.25, -0.2) is 0 Å². The van der Waals surface area contributed by atoms with Crippen molar-refractivity contribution in [2.24, 2.45) is 5.73 Å². The molecule has 78 valence electrons. The Morgan fingerprint density at radius 1 is 1.29 bits per heavy atom. The molecule has 1 aromatic rings. The Morgan fingerprint density at radius 3 is 2.43 bits per heavy atom. The van der Waals surface area contributed by atoms with Crippen LogP contribution in [0.4, 0.5) is 0 Å². The Kier molecular flexibility index (Phi) is 4.47. The van der Waals surface area contributed by atoms with E-state index in [-0.39, 0.29) is 0 Å². The van der Waals surface area contributed by atoms with E-state index in [1.54, 1.807) is 7.11 Å². The van der Waals surface area contributed by atoms with Crippen LogP contribution < -0.4 is 10.5 Å². The van der Waals surface area contributed by atoms with Gasteiger partial charge in [-0.1, -0.05) is 12.1 Å². The first-order valence-corrected chi connectivity index (χ1v) is 5.11. The molecule has 2 heteroatoms. The van der Waals surface area contributed by atoms with Crippen molar-refractivity contribution in [2.75, 3.05) is 7.11 Å². The summed E-state index contributed by atoms with van der Waals surface area (Å²) in [7, 11) is 1.69. The molecule has 0 amide bonds. The lowest BCUT2D eigenvalue weighted by Gasteiger charge is -2.05. The van der Waals surface area contributed by atoms with Crippen molar-refractivity contribution in [1.29, 1.82) is 0 Å². The Labute approximate surface area is 86.1 Å². The summed E-state index contributed by atoms with van der Waals surface area (Å²) in [5.74, 6) is 0.918. The number of benzene rings is 1. The van der Waals surface area contributed by atoms with Gasteiger partial charge in [-0.3, -0.25) is 0 Å². The highest BCUT2D eigenvalue weighted by Gasteiger charge is 1.97. The second kappa shape index (κ2) is 5.66. The van der Waals surface area contributed by atoms with E-state index < -0.39 is 0 Å². The lowest BCUT2D eigenvalue weighted by Crippen LogP contribution is -2.14. The van der Waals surface area contributed by atoms with E-state index in [2.05, 4.69) is 12.1 Å². The quantitative estimate of drug-likeness (QED) is 0.779. The molecule has 0 radical (unpaired) electrons. The van der Waals surface area contributed by atoms with E-state index in [1.807, 2.05) is 19.1 Å². The van der Waals surface area contributed by atoms with E-state index in [0.717, 1.165) is 25.0 Å². The van der Waals surface area contributed by atoms with Crippen molar-refractivity contribution in [3.63, 3.8) is 0 Å². The number of aryl methyl sites for hydroxylation is 1. The summed E-state index contributed by atoms with van der Waals surface area (Å²) in [5, 5.41) is 0. The fraction of sp³-hybridized carbons (Fsp3) is 0.500. The maximum atomic E-state index is 5.68. The highest BCUT2D eigenvalue weighted by Crippen LogP contribution is 2.13. The highest BCUT2D eigenvalue weighted by molar-refractivity contribution is 5.27. The van der Waals surface area contributed by atoms with Crippen LogP contribution in [0.15, 0.2) is 24.3 Å². The zero-order valence-electron chi connectivity index (χ0n) is 8.99. The van der Waals surface area contributed by atoms with E-state index in [4.69, 9.17) is 10.5 Å². The normalized spacial score (nSPS) is 12.5. The van der Waals surface area contributed by atoms with Gasteiger partial charge in [0.05, 0.1) is 7.11 Å². The van der Waals surface area contributed by atoms with Crippen LogP contribution in [0.2, 0.25) is 0 Å². The minimum Gasteiger partial charge on any atom is -0.497 e. The Hall–Kier alpha value is -1.02. The standard InChI is InChI=1S/C12H19NO/c1-10(13)4-3-5-11-6-8-12(14-2)9-7-11/h6-10H,3-5,13H2,1-2H3. The lowest BCUT2D eigenvalue weighted by atomic mass is 10.1. The van der Waals surface area contributed by atoms with Crippen molar-refractivity contribution in [3.05, 3.63) is 29.8 Å². The molecule has 0 fully saturated rings. The Morgan fingerprint density at radius 2 is 1.93 bits per heavy atom. The second-order valence-corrected chi connectivity index (χ2v) is 3.72. The molecule has 0 aliphatic heterocycles. The van der Waals surface area contributed by atoms with Crippen molar-refractivity contribution in [3.8, 4) is 5.75 Å². The van der Waals surface area contributed by atoms with Gasteiger partial charge in [-0.05, 0) is 43.9 Å². The fourth-order valence-electron chi connectivity index (χ4n) is 1.42. The Bertz CT molecular complexity index is 254. The first-order valence-electron chi connectivity index (χ1n) is 5.11. The summed E-state index contributed by atoms with van der Waals surface area (Å²) in [4.78, 5) is 0. The molecule has 0 aliphatic carbocycles. The van der Waals surface area contributed by atoms with Gasteiger partial charge < -0.3 is 10.5 Å². The first kappa shape index (κ1) is 11.1. The van der Waals surface area contributed by atoms with E-state index in [9.17, 15) is 0 Å². The zero-order chi connectivity index (χ0) is 10.4. The van der Waals surface area contributed by atoms with Crippen LogP contribution in [0.5, 0.6) is 5.75 Å². The lowest BCUT2D eigenvalue weighted by molar-refractivity contribution is 0.414. The molecule has 0 aliphatic rings. The predicted octanol–water partition coefficient (Wildman–Crippen LogP) is 2.37. The van der Waals surface area contributed by atoms with Gasteiger partial charge in [0, 0.05) is 6.04 Å². The van der Waals surface area contributed by atoms with Crippen LogP contribution in [-0.2, 0) is 6.42 Å². The number of hydrogen-bond donors (Lipinski definition) is 1. The summed E-state index contributed by atoms with van der Waals surface area (Å²) < 4.78 is 5.09.